The number of aromatic nitrogens is 2. The van der Waals surface area contributed by atoms with Crippen molar-refractivity contribution in [3.8, 4) is 0 Å². The van der Waals surface area contributed by atoms with Gasteiger partial charge >= 0.3 is 0 Å². The second kappa shape index (κ2) is 6.81. The normalized spacial score (nSPS) is 12.2. The van der Waals surface area contributed by atoms with Crippen LogP contribution in [0.2, 0.25) is 0 Å². The number of nitrogens with one attached hydrogen (secondary N) is 1. The Bertz CT molecular complexity index is 958. The number of para-hydroxylation sites is 2. The van der Waals surface area contributed by atoms with E-state index in [1.807, 2.05) is 12.1 Å². The fourth-order valence-electron chi connectivity index (χ4n) is 3.22. The topological polar surface area (TPSA) is 29.9 Å². The molecule has 0 fully saturated rings. The van der Waals surface area contributed by atoms with Gasteiger partial charge in [-0.15, -0.1) is 0 Å². The van der Waals surface area contributed by atoms with E-state index in [1.165, 1.54) is 11.1 Å². The molecule has 0 amide bonds. The average molecular weight is 327 g/mol. The molecule has 4 aromatic rings. The fraction of sp³-hybridized carbons (Fsp3) is 0.136. The standard InChI is InChI=1S/C22H21N3/c1-17(19-12-6-3-7-13-19)25-21-15-9-8-14-20(21)24-22(25)23-16-18-10-4-2-5-11-18/h2-15,17H,16H2,1H3,(H,23,24). The number of benzene rings is 3. The molecule has 0 spiro atoms. The highest BCUT2D eigenvalue weighted by molar-refractivity contribution is 5.79. The molecule has 0 saturated carbocycles. The SMILES string of the molecule is CC(c1ccccc1)n1c(NCc2ccccc2)nc2ccccc21. The molecule has 0 aliphatic heterocycles. The van der Waals surface area contributed by atoms with Gasteiger partial charge in [0.15, 0.2) is 0 Å². The van der Waals surface area contributed by atoms with Crippen LogP contribution in [0, 0.1) is 0 Å². The van der Waals surface area contributed by atoms with Gasteiger partial charge in [-0.05, 0) is 30.2 Å². The van der Waals surface area contributed by atoms with Gasteiger partial charge in [0.05, 0.1) is 17.1 Å². The van der Waals surface area contributed by atoms with Crippen molar-refractivity contribution < 1.29 is 0 Å². The van der Waals surface area contributed by atoms with Crippen LogP contribution in [0.4, 0.5) is 5.95 Å². The molecule has 0 saturated heterocycles. The van der Waals surface area contributed by atoms with Gasteiger partial charge in [-0.1, -0.05) is 72.8 Å². The van der Waals surface area contributed by atoms with Crippen LogP contribution < -0.4 is 5.32 Å². The van der Waals surface area contributed by atoms with Crippen LogP contribution in [0.5, 0.6) is 0 Å². The van der Waals surface area contributed by atoms with Gasteiger partial charge in [-0.25, -0.2) is 4.98 Å². The summed E-state index contributed by atoms with van der Waals surface area (Å²) in [5.41, 5.74) is 4.68. The van der Waals surface area contributed by atoms with E-state index < -0.39 is 0 Å². The molecular weight excluding hydrogens is 306 g/mol. The van der Waals surface area contributed by atoms with Crippen molar-refractivity contribution in [3.63, 3.8) is 0 Å². The second-order valence-corrected chi connectivity index (χ2v) is 6.22. The molecule has 0 radical (unpaired) electrons. The van der Waals surface area contributed by atoms with E-state index in [-0.39, 0.29) is 6.04 Å². The molecule has 0 aliphatic carbocycles. The van der Waals surface area contributed by atoms with Crippen molar-refractivity contribution in [2.75, 3.05) is 5.32 Å². The van der Waals surface area contributed by atoms with Gasteiger partial charge < -0.3 is 9.88 Å². The summed E-state index contributed by atoms with van der Waals surface area (Å²) in [4.78, 5) is 4.83. The number of hydrogen-bond acceptors (Lipinski definition) is 2. The molecule has 0 bridgehead atoms. The van der Waals surface area contributed by atoms with Gasteiger partial charge in [0.25, 0.3) is 0 Å². The molecule has 3 heteroatoms. The summed E-state index contributed by atoms with van der Waals surface area (Å²) >= 11 is 0. The minimum Gasteiger partial charge on any atom is -0.352 e. The van der Waals surface area contributed by atoms with Gasteiger partial charge in [0.2, 0.25) is 5.95 Å². The van der Waals surface area contributed by atoms with Gasteiger partial charge in [0, 0.05) is 6.54 Å². The molecule has 3 nitrogen and oxygen atoms in total. The van der Waals surface area contributed by atoms with E-state index in [9.17, 15) is 0 Å². The van der Waals surface area contributed by atoms with Crippen LogP contribution in [0.15, 0.2) is 84.9 Å². The first-order valence-electron chi connectivity index (χ1n) is 8.62. The molecule has 1 atom stereocenters. The maximum atomic E-state index is 4.83. The highest BCUT2D eigenvalue weighted by Gasteiger charge is 2.16. The molecule has 25 heavy (non-hydrogen) atoms. The Morgan fingerprint density at radius 1 is 0.840 bits per heavy atom. The van der Waals surface area contributed by atoms with Gasteiger partial charge in [0.1, 0.15) is 0 Å². The average Bonchev–Trinajstić information content (AvgIpc) is 3.05. The first kappa shape index (κ1) is 15.5. The monoisotopic (exact) mass is 327 g/mol. The number of fused-ring (bicyclic) bond motifs is 1. The molecule has 4 rings (SSSR count). The predicted octanol–water partition coefficient (Wildman–Crippen LogP) is 5.26. The van der Waals surface area contributed by atoms with Crippen molar-refractivity contribution >= 4 is 17.0 Å². The maximum absolute atomic E-state index is 4.83. The third kappa shape index (κ3) is 3.13. The first-order chi connectivity index (χ1) is 12.3. The van der Waals surface area contributed by atoms with E-state index in [0.29, 0.717) is 0 Å². The van der Waals surface area contributed by atoms with Crippen LogP contribution >= 0.6 is 0 Å². The third-order valence-corrected chi connectivity index (χ3v) is 4.56. The van der Waals surface area contributed by atoms with Crippen molar-refractivity contribution in [1.29, 1.82) is 0 Å². The van der Waals surface area contributed by atoms with Crippen LogP contribution in [0.3, 0.4) is 0 Å². The van der Waals surface area contributed by atoms with Crippen molar-refractivity contribution in [2.24, 2.45) is 0 Å². The summed E-state index contributed by atoms with van der Waals surface area (Å²) in [6, 6.07) is 29.5. The van der Waals surface area contributed by atoms with E-state index in [2.05, 4.69) is 89.6 Å². The third-order valence-electron chi connectivity index (χ3n) is 4.56. The second-order valence-electron chi connectivity index (χ2n) is 6.22. The highest BCUT2D eigenvalue weighted by Crippen LogP contribution is 2.28. The zero-order chi connectivity index (χ0) is 17.1. The minimum absolute atomic E-state index is 0.201. The van der Waals surface area contributed by atoms with Gasteiger partial charge in [-0.3, -0.25) is 0 Å². The zero-order valence-electron chi connectivity index (χ0n) is 14.3. The van der Waals surface area contributed by atoms with Crippen LogP contribution in [-0.4, -0.2) is 9.55 Å². The number of anilines is 1. The molecular formula is C22H21N3. The van der Waals surface area contributed by atoms with E-state index in [0.717, 1.165) is 23.5 Å². The van der Waals surface area contributed by atoms with Crippen molar-refractivity contribution in [2.45, 2.75) is 19.5 Å². The largest absolute Gasteiger partial charge is 0.352 e. The molecule has 0 aliphatic rings. The summed E-state index contributed by atoms with van der Waals surface area (Å²) in [7, 11) is 0. The van der Waals surface area contributed by atoms with Crippen LogP contribution in [-0.2, 0) is 6.54 Å². The molecule has 1 N–H and O–H groups in total. The lowest BCUT2D eigenvalue weighted by Crippen LogP contribution is -2.12. The smallest absolute Gasteiger partial charge is 0.204 e. The summed E-state index contributed by atoms with van der Waals surface area (Å²) < 4.78 is 2.29. The zero-order valence-corrected chi connectivity index (χ0v) is 14.3. The number of rotatable bonds is 5. The summed E-state index contributed by atoms with van der Waals surface area (Å²) in [5, 5.41) is 3.52. The Balaban J connectivity index is 1.73. The van der Waals surface area contributed by atoms with Crippen molar-refractivity contribution in [1.82, 2.24) is 9.55 Å². The Morgan fingerprint density at radius 2 is 1.48 bits per heavy atom. The number of imidazole rings is 1. The molecule has 1 unspecified atom stereocenters. The maximum Gasteiger partial charge on any atom is 0.204 e. The molecule has 3 aromatic carbocycles. The lowest BCUT2D eigenvalue weighted by atomic mass is 10.1. The number of nitrogens with zero attached hydrogens (tertiary/aromatic N) is 2. The molecule has 1 aromatic heterocycles. The summed E-state index contributed by atoms with van der Waals surface area (Å²) in [5.74, 6) is 0.904. The predicted molar refractivity (Wildman–Crippen MR) is 104 cm³/mol. The van der Waals surface area contributed by atoms with E-state index in [4.69, 9.17) is 4.98 Å². The lowest BCUT2D eigenvalue weighted by Gasteiger charge is -2.18. The van der Waals surface area contributed by atoms with Crippen molar-refractivity contribution in [3.05, 3.63) is 96.1 Å². The highest BCUT2D eigenvalue weighted by atomic mass is 15.2. The summed E-state index contributed by atoms with van der Waals surface area (Å²) in [6.07, 6.45) is 0. The van der Waals surface area contributed by atoms with E-state index >= 15 is 0 Å². The van der Waals surface area contributed by atoms with E-state index in [1.54, 1.807) is 0 Å². The Labute approximate surface area is 148 Å². The minimum atomic E-state index is 0.201. The lowest BCUT2D eigenvalue weighted by molar-refractivity contribution is 0.662. The molecule has 1 heterocycles. The Hall–Kier alpha value is -3.07. The summed E-state index contributed by atoms with van der Waals surface area (Å²) in [6.45, 7) is 2.98. The van der Waals surface area contributed by atoms with Crippen LogP contribution in [0.25, 0.3) is 11.0 Å². The van der Waals surface area contributed by atoms with Crippen LogP contribution in [0.1, 0.15) is 24.1 Å². The first-order valence-corrected chi connectivity index (χ1v) is 8.62. The number of hydrogen-bond donors (Lipinski definition) is 1. The molecule has 124 valence electrons. The Kier molecular flexibility index (Phi) is 4.21. The van der Waals surface area contributed by atoms with Gasteiger partial charge in [-0.2, -0.15) is 0 Å². The Morgan fingerprint density at radius 3 is 2.24 bits per heavy atom. The quantitative estimate of drug-likeness (QED) is 0.542. The fourth-order valence-corrected chi connectivity index (χ4v) is 3.22.